The minimum atomic E-state index is -1.52. The van der Waals surface area contributed by atoms with Crippen molar-refractivity contribution in [3.05, 3.63) is 150 Å². The molecular formula is C35H33B3Cl2N2O8. The minimum absolute atomic E-state index is 0.148. The smallest absolute Gasteiger partial charge is 0.443 e. The van der Waals surface area contributed by atoms with E-state index in [2.05, 4.69) is 5.32 Å². The van der Waals surface area contributed by atoms with E-state index in [9.17, 15) is 24.4 Å². The van der Waals surface area contributed by atoms with E-state index in [0.29, 0.717) is 22.0 Å². The van der Waals surface area contributed by atoms with Gasteiger partial charge in [0.1, 0.15) is 0 Å². The molecule has 50 heavy (non-hydrogen) atoms. The Bertz CT molecular complexity index is 1740. The number of nitrogens with zero attached hydrogens (tertiary/aromatic N) is 1. The molecule has 0 radical (unpaired) electrons. The Labute approximate surface area is 301 Å². The second-order valence-corrected chi connectivity index (χ2v) is 11.1. The van der Waals surface area contributed by atoms with Gasteiger partial charge in [0.05, 0.1) is 0 Å². The summed E-state index contributed by atoms with van der Waals surface area (Å²) in [5, 5.41) is 39.7. The van der Waals surface area contributed by atoms with E-state index in [1.165, 1.54) is 60.7 Å². The van der Waals surface area contributed by atoms with Crippen LogP contribution in [0.2, 0.25) is 0 Å². The van der Waals surface area contributed by atoms with Crippen molar-refractivity contribution in [2.24, 2.45) is 0 Å². The van der Waals surface area contributed by atoms with E-state index in [1.54, 1.807) is 24.1 Å². The average molecular weight is 713 g/mol. The summed E-state index contributed by atoms with van der Waals surface area (Å²) in [7, 11) is -0.712. The van der Waals surface area contributed by atoms with Crippen LogP contribution in [-0.2, 0) is 4.57 Å². The van der Waals surface area contributed by atoms with Gasteiger partial charge in [0, 0.05) is 42.2 Å². The molecule has 0 atom stereocenters. The van der Waals surface area contributed by atoms with Crippen molar-refractivity contribution in [1.29, 1.82) is 0 Å². The van der Waals surface area contributed by atoms with Gasteiger partial charge >= 0.3 is 21.4 Å². The Morgan fingerprint density at radius 1 is 0.580 bits per heavy atom. The van der Waals surface area contributed by atoms with Crippen molar-refractivity contribution in [1.82, 2.24) is 0 Å². The highest BCUT2D eigenvalue weighted by Crippen LogP contribution is 2.14. The summed E-state index contributed by atoms with van der Waals surface area (Å²) in [5.41, 5.74) is 4.08. The summed E-state index contributed by atoms with van der Waals surface area (Å²) in [6, 6.07) is 37.2. The summed E-state index contributed by atoms with van der Waals surface area (Å²) >= 11 is 10.7. The number of para-hydroxylation sites is 2. The molecule has 0 aliphatic carbocycles. The first kappa shape index (κ1) is 39.7. The van der Waals surface area contributed by atoms with Gasteiger partial charge in [-0.3, -0.25) is 14.4 Å². The van der Waals surface area contributed by atoms with E-state index in [0.717, 1.165) is 11.4 Å². The molecule has 254 valence electrons. The molecule has 0 fully saturated rings. The number of amides is 1. The summed E-state index contributed by atoms with van der Waals surface area (Å²) in [4.78, 5) is 35.7. The van der Waals surface area contributed by atoms with Crippen LogP contribution in [0.25, 0.3) is 0 Å². The lowest BCUT2D eigenvalue weighted by atomic mass is 9.71. The highest BCUT2D eigenvalue weighted by atomic mass is 35.5. The van der Waals surface area contributed by atoms with Crippen LogP contribution in [0.1, 0.15) is 31.1 Å². The molecule has 15 heteroatoms. The number of nitrogens with one attached hydrogen (secondary N) is 1. The van der Waals surface area contributed by atoms with E-state index >= 15 is 0 Å². The number of carbonyl (C=O) groups excluding carboxylic acids is 3. The van der Waals surface area contributed by atoms with Gasteiger partial charge in [0.25, 0.3) is 16.4 Å². The first-order valence-corrected chi connectivity index (χ1v) is 15.8. The normalized spacial score (nSPS) is 9.92. The molecule has 0 heterocycles. The molecule has 10 nitrogen and oxygen atoms in total. The third-order valence-corrected chi connectivity index (χ3v) is 7.51. The number of benzene rings is 5. The Morgan fingerprint density at radius 2 is 0.960 bits per heavy atom. The second kappa shape index (κ2) is 20.1. The molecule has 0 saturated carbocycles. The van der Waals surface area contributed by atoms with E-state index in [4.69, 9.17) is 37.8 Å². The number of carbonyl (C=O) groups is 3. The van der Waals surface area contributed by atoms with Gasteiger partial charge in [-0.25, -0.2) is 0 Å². The Kier molecular flexibility index (Phi) is 15.9. The van der Waals surface area contributed by atoms with Crippen LogP contribution in [-0.4, -0.2) is 71.9 Å². The maximum Gasteiger partial charge on any atom is 0.488 e. The Balaban J connectivity index is 0.000000224. The number of anilines is 2. The van der Waals surface area contributed by atoms with Crippen molar-refractivity contribution in [3.8, 4) is 0 Å². The maximum absolute atomic E-state index is 12.2. The summed E-state index contributed by atoms with van der Waals surface area (Å²) in [6.07, 6.45) is 0. The van der Waals surface area contributed by atoms with Gasteiger partial charge in [-0.1, -0.05) is 97.1 Å². The summed E-state index contributed by atoms with van der Waals surface area (Å²) < 4.78 is 5.10. The van der Waals surface area contributed by atoms with E-state index < -0.39 is 31.8 Å². The predicted molar refractivity (Wildman–Crippen MR) is 201 cm³/mol. The average Bonchev–Trinajstić information content (AvgIpc) is 3.15. The molecule has 0 spiro atoms. The molecule has 1 amide bonds. The number of hydrogen-bond donors (Lipinski definition) is 5. The fourth-order valence-electron chi connectivity index (χ4n) is 4.20. The van der Waals surface area contributed by atoms with Gasteiger partial charge in [0.15, 0.2) is 0 Å². The highest BCUT2D eigenvalue weighted by Gasteiger charge is 2.26. The largest absolute Gasteiger partial charge is 0.488 e. The molecule has 5 rings (SSSR count). The molecule has 0 aliphatic heterocycles. The monoisotopic (exact) mass is 712 g/mol. The zero-order chi connectivity index (χ0) is 36.6. The number of rotatable bonds is 10. The SMILES string of the molecule is CN(C(=O)c1ccc(B(O)O)cc1)c1ccccc1.CNc1ccccc1.O=C(Cl)c1ccc(B(O)OB(O)c2ccc(C(=O)Cl)cc2)cc1. The molecule has 0 bridgehead atoms. The first-order valence-electron chi connectivity index (χ1n) is 15.0. The van der Waals surface area contributed by atoms with Crippen molar-refractivity contribution < 1.29 is 39.1 Å². The van der Waals surface area contributed by atoms with Crippen LogP contribution in [0.15, 0.2) is 133 Å². The fraction of sp³-hybridized carbons (Fsp3) is 0.0571. The van der Waals surface area contributed by atoms with Gasteiger partial charge in [-0.15, -0.1) is 0 Å². The zero-order valence-electron chi connectivity index (χ0n) is 27.1. The van der Waals surface area contributed by atoms with Crippen LogP contribution in [0.4, 0.5) is 11.4 Å². The van der Waals surface area contributed by atoms with Crippen molar-refractivity contribution >= 4 is 88.7 Å². The number of halogens is 2. The van der Waals surface area contributed by atoms with Gasteiger partial charge < -0.3 is 34.9 Å². The standard InChI is InChI=1S/C14H10B2Cl2O5.C14H14BNO3.C7H9N/c17-13(19)9-1-5-11(6-2-9)15(21)23-16(22)12-7-3-10(4-8-12)14(18)20;1-16(13-5-3-2-4-6-13)14(17)11-7-9-12(10-8-11)15(18)19;1-8-7-5-3-2-4-6-7/h1-8,21-22H;2-10,18-19H,1H3;2-6,8H,1H3. The molecule has 5 aromatic rings. The lowest BCUT2D eigenvalue weighted by Crippen LogP contribution is -2.45. The van der Waals surface area contributed by atoms with Crippen LogP contribution in [0, 0.1) is 0 Å². The lowest BCUT2D eigenvalue weighted by molar-refractivity contribution is 0.0991. The van der Waals surface area contributed by atoms with Gasteiger partial charge in [-0.05, 0) is 76.0 Å². The first-order chi connectivity index (χ1) is 23.9. The molecular weight excluding hydrogens is 680 g/mol. The molecule has 5 N–H and O–H groups in total. The Morgan fingerprint density at radius 3 is 1.32 bits per heavy atom. The summed E-state index contributed by atoms with van der Waals surface area (Å²) in [5.74, 6) is -0.148. The van der Waals surface area contributed by atoms with Gasteiger partial charge in [-0.2, -0.15) is 0 Å². The number of hydrogen-bond acceptors (Lipinski definition) is 9. The van der Waals surface area contributed by atoms with Crippen LogP contribution in [0.5, 0.6) is 0 Å². The van der Waals surface area contributed by atoms with Crippen molar-refractivity contribution in [2.45, 2.75) is 0 Å². The molecule has 0 saturated heterocycles. The maximum atomic E-state index is 12.2. The quantitative estimate of drug-likeness (QED) is 0.109. The van der Waals surface area contributed by atoms with Crippen LogP contribution < -0.4 is 26.6 Å². The molecule has 0 aromatic heterocycles. The van der Waals surface area contributed by atoms with Crippen LogP contribution in [0.3, 0.4) is 0 Å². The van der Waals surface area contributed by atoms with E-state index in [-0.39, 0.29) is 17.0 Å². The summed E-state index contributed by atoms with van der Waals surface area (Å²) in [6.45, 7) is 0. The predicted octanol–water partition coefficient (Wildman–Crippen LogP) is 2.91. The van der Waals surface area contributed by atoms with Crippen molar-refractivity contribution in [2.75, 3.05) is 24.3 Å². The zero-order valence-corrected chi connectivity index (χ0v) is 28.6. The third kappa shape index (κ3) is 12.3. The Hall–Kier alpha value is -4.72. The third-order valence-electron chi connectivity index (χ3n) is 7.07. The molecule has 0 aliphatic rings. The topological polar surface area (TPSA) is 157 Å². The minimum Gasteiger partial charge on any atom is -0.443 e. The molecule has 0 unspecified atom stereocenters. The fourth-order valence-corrected chi connectivity index (χ4v) is 4.45. The van der Waals surface area contributed by atoms with Crippen LogP contribution >= 0.6 is 23.2 Å². The van der Waals surface area contributed by atoms with E-state index in [1.807, 2.05) is 67.7 Å². The van der Waals surface area contributed by atoms with Crippen molar-refractivity contribution in [3.63, 3.8) is 0 Å². The highest BCUT2D eigenvalue weighted by molar-refractivity contribution is 6.73. The molecule has 5 aromatic carbocycles. The lowest BCUT2D eigenvalue weighted by Gasteiger charge is -2.17. The van der Waals surface area contributed by atoms with Gasteiger partial charge in [0.2, 0.25) is 0 Å². The second-order valence-electron chi connectivity index (χ2n) is 10.4.